The van der Waals surface area contributed by atoms with Crippen LogP contribution in [0.5, 0.6) is 0 Å². The summed E-state index contributed by atoms with van der Waals surface area (Å²) in [4.78, 5) is 54.8. The van der Waals surface area contributed by atoms with Gasteiger partial charge in [0.1, 0.15) is 11.5 Å². The topological polar surface area (TPSA) is 142 Å². The molecule has 1 aromatic carbocycles. The van der Waals surface area contributed by atoms with E-state index in [0.717, 1.165) is 44.9 Å². The fraction of sp³-hybridized carbons (Fsp3) is 0.520. The highest BCUT2D eigenvalue weighted by molar-refractivity contribution is 6.04. The average molecular weight is 485 g/mol. The Morgan fingerprint density at radius 1 is 1.11 bits per heavy atom. The first-order valence-electron chi connectivity index (χ1n) is 12.4. The third-order valence-corrected chi connectivity index (χ3v) is 5.99. The number of nitrogen functional groups attached to an aromatic ring is 1. The fourth-order valence-corrected chi connectivity index (χ4v) is 3.89. The average Bonchev–Trinajstić information content (AvgIpc) is 3.63. The maximum Gasteiger partial charge on any atom is 0.330 e. The standard InChI is InChI=1S/C25H36N6O4/c1-3-5-9-14-30(21-22(26)31(15-6-4-2)25(35)29-24(21)34)16-20(32)28-19-11-8-7-10-18(19)23(33)27-17-12-13-17/h7-8,10-11,17H,3-6,9,12-16,26H2,1-2H3,(H,27,33)(H,28,32)(H,29,34,35). The van der Waals surface area contributed by atoms with Crippen molar-refractivity contribution < 1.29 is 9.59 Å². The van der Waals surface area contributed by atoms with Gasteiger partial charge in [0.05, 0.1) is 17.8 Å². The van der Waals surface area contributed by atoms with Crippen molar-refractivity contribution in [2.75, 3.05) is 29.0 Å². The van der Waals surface area contributed by atoms with Crippen molar-refractivity contribution in [2.24, 2.45) is 0 Å². The molecule has 0 aliphatic heterocycles. The number of nitrogens with two attached hydrogens (primary N) is 1. The second-order valence-corrected chi connectivity index (χ2v) is 8.97. The molecule has 1 saturated carbocycles. The summed E-state index contributed by atoms with van der Waals surface area (Å²) < 4.78 is 1.35. The Morgan fingerprint density at radius 3 is 2.51 bits per heavy atom. The Bertz CT molecular complexity index is 1150. The summed E-state index contributed by atoms with van der Waals surface area (Å²) in [6.07, 6.45) is 6.13. The first kappa shape index (κ1) is 26.1. The number of carbonyl (C=O) groups is 2. The second-order valence-electron chi connectivity index (χ2n) is 8.97. The lowest BCUT2D eigenvalue weighted by Gasteiger charge is -2.26. The molecule has 10 heteroatoms. The molecule has 1 aliphatic carbocycles. The van der Waals surface area contributed by atoms with Gasteiger partial charge in [-0.25, -0.2) is 4.79 Å². The minimum atomic E-state index is -0.617. The smallest absolute Gasteiger partial charge is 0.330 e. The molecular formula is C25H36N6O4. The normalized spacial score (nSPS) is 12.9. The molecule has 0 atom stereocenters. The molecule has 2 aromatic rings. The van der Waals surface area contributed by atoms with E-state index in [2.05, 4.69) is 22.5 Å². The molecule has 1 fully saturated rings. The maximum atomic E-state index is 13.1. The van der Waals surface area contributed by atoms with Gasteiger partial charge in [0.15, 0.2) is 0 Å². The number of benzene rings is 1. The highest BCUT2D eigenvalue weighted by atomic mass is 16.2. The predicted molar refractivity (Wildman–Crippen MR) is 138 cm³/mol. The van der Waals surface area contributed by atoms with Crippen LogP contribution in [0.15, 0.2) is 33.9 Å². The molecule has 0 spiro atoms. The van der Waals surface area contributed by atoms with E-state index < -0.39 is 17.2 Å². The number of nitrogens with zero attached hydrogens (tertiary/aromatic N) is 2. The zero-order valence-corrected chi connectivity index (χ0v) is 20.6. The van der Waals surface area contributed by atoms with Gasteiger partial charge < -0.3 is 21.3 Å². The van der Waals surface area contributed by atoms with Gasteiger partial charge >= 0.3 is 5.69 Å². The van der Waals surface area contributed by atoms with Gasteiger partial charge in [-0.2, -0.15) is 0 Å². The molecule has 1 aliphatic rings. The van der Waals surface area contributed by atoms with Gasteiger partial charge in [0.2, 0.25) is 5.91 Å². The quantitative estimate of drug-likeness (QED) is 0.322. The van der Waals surface area contributed by atoms with Crippen LogP contribution in [0.3, 0.4) is 0 Å². The Kier molecular flexibility index (Phi) is 9.11. The number of aromatic nitrogens is 2. The summed E-state index contributed by atoms with van der Waals surface area (Å²) in [6.45, 7) is 4.71. The van der Waals surface area contributed by atoms with E-state index in [9.17, 15) is 19.2 Å². The molecule has 2 amide bonds. The number of amides is 2. The Morgan fingerprint density at radius 2 is 1.83 bits per heavy atom. The molecule has 35 heavy (non-hydrogen) atoms. The Balaban J connectivity index is 1.84. The monoisotopic (exact) mass is 484 g/mol. The maximum absolute atomic E-state index is 13.1. The number of hydrogen-bond donors (Lipinski definition) is 4. The van der Waals surface area contributed by atoms with E-state index in [1.807, 2.05) is 6.92 Å². The number of aromatic amines is 1. The molecule has 0 bridgehead atoms. The summed E-state index contributed by atoms with van der Waals surface area (Å²) in [7, 11) is 0. The fourth-order valence-electron chi connectivity index (χ4n) is 3.89. The van der Waals surface area contributed by atoms with Crippen molar-refractivity contribution in [2.45, 2.75) is 71.4 Å². The van der Waals surface area contributed by atoms with Crippen molar-refractivity contribution >= 4 is 29.0 Å². The van der Waals surface area contributed by atoms with Gasteiger partial charge in [-0.3, -0.25) is 23.9 Å². The van der Waals surface area contributed by atoms with Crippen molar-refractivity contribution in [1.29, 1.82) is 0 Å². The van der Waals surface area contributed by atoms with Gasteiger partial charge in [0.25, 0.3) is 11.5 Å². The van der Waals surface area contributed by atoms with Crippen LogP contribution in [-0.4, -0.2) is 40.5 Å². The first-order chi connectivity index (χ1) is 16.8. The van der Waals surface area contributed by atoms with Gasteiger partial charge in [-0.15, -0.1) is 0 Å². The first-order valence-corrected chi connectivity index (χ1v) is 12.4. The van der Waals surface area contributed by atoms with E-state index in [0.29, 0.717) is 24.3 Å². The lowest BCUT2D eigenvalue weighted by molar-refractivity contribution is -0.115. The van der Waals surface area contributed by atoms with Crippen LogP contribution in [0.4, 0.5) is 17.2 Å². The van der Waals surface area contributed by atoms with E-state index in [1.165, 1.54) is 4.57 Å². The minimum Gasteiger partial charge on any atom is -0.383 e. The predicted octanol–water partition coefficient (Wildman–Crippen LogP) is 2.45. The number of hydrogen-bond acceptors (Lipinski definition) is 6. The van der Waals surface area contributed by atoms with Crippen molar-refractivity contribution in [1.82, 2.24) is 14.9 Å². The lowest BCUT2D eigenvalue weighted by atomic mass is 10.1. The van der Waals surface area contributed by atoms with Crippen molar-refractivity contribution in [3.8, 4) is 0 Å². The number of H-pyrrole nitrogens is 1. The van der Waals surface area contributed by atoms with Crippen LogP contribution in [0.25, 0.3) is 0 Å². The van der Waals surface area contributed by atoms with Crippen LogP contribution in [0.1, 0.15) is 69.2 Å². The molecule has 0 unspecified atom stereocenters. The van der Waals surface area contributed by atoms with Crippen LogP contribution in [0.2, 0.25) is 0 Å². The van der Waals surface area contributed by atoms with Gasteiger partial charge in [-0.05, 0) is 37.8 Å². The molecule has 3 rings (SSSR count). The number of unbranched alkanes of at least 4 members (excludes halogenated alkanes) is 3. The van der Waals surface area contributed by atoms with E-state index >= 15 is 0 Å². The molecule has 190 valence electrons. The second kappa shape index (κ2) is 12.2. The minimum absolute atomic E-state index is 0.0562. The molecule has 0 saturated heterocycles. The summed E-state index contributed by atoms with van der Waals surface area (Å²) >= 11 is 0. The van der Waals surface area contributed by atoms with Crippen LogP contribution >= 0.6 is 0 Å². The largest absolute Gasteiger partial charge is 0.383 e. The number of nitrogens with one attached hydrogen (secondary N) is 3. The highest BCUT2D eigenvalue weighted by Crippen LogP contribution is 2.22. The van der Waals surface area contributed by atoms with E-state index in [-0.39, 0.29) is 30.0 Å². The molecule has 10 nitrogen and oxygen atoms in total. The third-order valence-electron chi connectivity index (χ3n) is 5.99. The molecule has 0 radical (unpaired) electrons. The lowest BCUT2D eigenvalue weighted by Crippen LogP contribution is -2.42. The van der Waals surface area contributed by atoms with Gasteiger partial charge in [0, 0.05) is 19.1 Å². The zero-order chi connectivity index (χ0) is 25.4. The molecule has 1 heterocycles. The number of rotatable bonds is 13. The SMILES string of the molecule is CCCCCN(CC(=O)Nc1ccccc1C(=O)NC1CC1)c1c(N)n(CCCC)c(=O)[nH]c1=O. The zero-order valence-electron chi connectivity index (χ0n) is 20.6. The van der Waals surface area contributed by atoms with Crippen molar-refractivity contribution in [3.63, 3.8) is 0 Å². The Hall–Kier alpha value is -3.56. The van der Waals surface area contributed by atoms with E-state index in [4.69, 9.17) is 5.73 Å². The van der Waals surface area contributed by atoms with Crippen LogP contribution in [0, 0.1) is 0 Å². The summed E-state index contributed by atoms with van der Waals surface area (Å²) in [5.41, 5.74) is 6.02. The van der Waals surface area contributed by atoms with E-state index in [1.54, 1.807) is 29.2 Å². The van der Waals surface area contributed by atoms with Crippen LogP contribution < -0.4 is 32.5 Å². The molecular weight excluding hydrogens is 448 g/mol. The third kappa shape index (κ3) is 6.97. The highest BCUT2D eigenvalue weighted by Gasteiger charge is 2.26. The van der Waals surface area contributed by atoms with Crippen molar-refractivity contribution in [3.05, 3.63) is 50.7 Å². The number of carbonyl (C=O) groups excluding carboxylic acids is 2. The number of para-hydroxylation sites is 1. The summed E-state index contributed by atoms with van der Waals surface area (Å²) in [6, 6.07) is 7.02. The summed E-state index contributed by atoms with van der Waals surface area (Å²) in [5.74, 6) is -0.564. The molecule has 5 N–H and O–H groups in total. The van der Waals surface area contributed by atoms with Crippen LogP contribution in [-0.2, 0) is 11.3 Å². The molecule has 1 aromatic heterocycles. The number of anilines is 3. The van der Waals surface area contributed by atoms with Gasteiger partial charge in [-0.1, -0.05) is 45.2 Å². The Labute approximate surface area is 204 Å². The summed E-state index contributed by atoms with van der Waals surface area (Å²) in [5, 5.41) is 5.74.